The lowest BCUT2D eigenvalue weighted by Crippen LogP contribution is -2.08. The molecule has 0 fully saturated rings. The van der Waals surface area contributed by atoms with Gasteiger partial charge in [-0.25, -0.2) is 19.2 Å². The van der Waals surface area contributed by atoms with Gasteiger partial charge >= 0.3 is 23.9 Å². The number of rotatable bonds is 8. The Morgan fingerprint density at radius 3 is 1.57 bits per heavy atom. The number of esters is 4. The topological polar surface area (TPSA) is 96.0 Å². The molecule has 1 heterocycles. The number of ether oxygens (including phenoxy) is 3. The SMILES string of the molecule is C=C(C)C(=O)OCCCCCOC(=O)C(=C)C.O=C1OC(=O)c2ccccc21. The minimum absolute atomic E-state index is 0.359. The largest absolute Gasteiger partial charge is 0.462 e. The quantitative estimate of drug-likeness (QED) is 0.221. The molecule has 7 heteroatoms. The number of hydrogen-bond donors (Lipinski definition) is 0. The van der Waals surface area contributed by atoms with E-state index in [-0.39, 0.29) is 11.9 Å². The zero-order chi connectivity index (χ0) is 21.1. The Kier molecular flexibility index (Phi) is 9.36. The van der Waals surface area contributed by atoms with Crippen LogP contribution in [-0.2, 0) is 23.8 Å². The summed E-state index contributed by atoms with van der Waals surface area (Å²) < 4.78 is 14.2. The van der Waals surface area contributed by atoms with Gasteiger partial charge in [-0.2, -0.15) is 0 Å². The molecule has 0 radical (unpaired) electrons. The van der Waals surface area contributed by atoms with Crippen molar-refractivity contribution in [1.29, 1.82) is 0 Å². The summed E-state index contributed by atoms with van der Waals surface area (Å²) in [5.74, 6) is -1.83. The molecule has 0 bridgehead atoms. The minimum Gasteiger partial charge on any atom is -0.462 e. The van der Waals surface area contributed by atoms with E-state index < -0.39 is 11.9 Å². The van der Waals surface area contributed by atoms with E-state index in [9.17, 15) is 19.2 Å². The minimum atomic E-state index is -0.550. The Labute approximate surface area is 164 Å². The van der Waals surface area contributed by atoms with Gasteiger partial charge in [0, 0.05) is 11.1 Å². The van der Waals surface area contributed by atoms with E-state index in [0.717, 1.165) is 19.3 Å². The van der Waals surface area contributed by atoms with Gasteiger partial charge in [0.2, 0.25) is 0 Å². The number of fused-ring (bicyclic) bond motifs is 1. The molecule has 0 aliphatic carbocycles. The maximum atomic E-state index is 11.0. The predicted molar refractivity (Wildman–Crippen MR) is 102 cm³/mol. The molecule has 0 saturated carbocycles. The first-order valence-electron chi connectivity index (χ1n) is 8.74. The smallest absolute Gasteiger partial charge is 0.346 e. The van der Waals surface area contributed by atoms with Crippen LogP contribution >= 0.6 is 0 Å². The third-order valence-corrected chi connectivity index (χ3v) is 3.50. The third-order valence-electron chi connectivity index (χ3n) is 3.50. The fourth-order valence-electron chi connectivity index (χ4n) is 1.99. The second-order valence-electron chi connectivity index (χ2n) is 6.12. The molecule has 1 aliphatic rings. The first-order chi connectivity index (χ1) is 13.2. The van der Waals surface area contributed by atoms with Gasteiger partial charge in [-0.1, -0.05) is 25.3 Å². The van der Waals surface area contributed by atoms with Crippen LogP contribution in [0.4, 0.5) is 0 Å². The highest BCUT2D eigenvalue weighted by Crippen LogP contribution is 2.18. The van der Waals surface area contributed by atoms with Crippen molar-refractivity contribution in [3.8, 4) is 0 Å². The predicted octanol–water partition coefficient (Wildman–Crippen LogP) is 3.39. The van der Waals surface area contributed by atoms with Crippen LogP contribution in [0.25, 0.3) is 0 Å². The van der Waals surface area contributed by atoms with Crippen molar-refractivity contribution in [3.63, 3.8) is 0 Å². The summed E-state index contributed by atoms with van der Waals surface area (Å²) in [6, 6.07) is 6.53. The van der Waals surface area contributed by atoms with Crippen molar-refractivity contribution in [3.05, 3.63) is 59.7 Å². The van der Waals surface area contributed by atoms with Crippen molar-refractivity contribution < 1.29 is 33.4 Å². The summed E-state index contributed by atoms with van der Waals surface area (Å²) in [7, 11) is 0. The molecular weight excluding hydrogens is 364 g/mol. The van der Waals surface area contributed by atoms with Crippen molar-refractivity contribution in [2.45, 2.75) is 33.1 Å². The van der Waals surface area contributed by atoms with Crippen LogP contribution in [0.3, 0.4) is 0 Å². The highest BCUT2D eigenvalue weighted by atomic mass is 16.6. The van der Waals surface area contributed by atoms with Gasteiger partial charge in [-0.05, 0) is 45.2 Å². The average Bonchev–Trinajstić information content (AvgIpc) is 2.95. The van der Waals surface area contributed by atoms with Crippen molar-refractivity contribution >= 4 is 23.9 Å². The lowest BCUT2D eigenvalue weighted by molar-refractivity contribution is -0.139. The summed E-state index contributed by atoms with van der Waals surface area (Å²) in [6.07, 6.45) is 2.35. The van der Waals surface area contributed by atoms with Gasteiger partial charge < -0.3 is 14.2 Å². The van der Waals surface area contributed by atoms with Gasteiger partial charge in [0.05, 0.1) is 24.3 Å². The van der Waals surface area contributed by atoms with Crippen molar-refractivity contribution in [2.75, 3.05) is 13.2 Å². The molecule has 2 rings (SSSR count). The monoisotopic (exact) mass is 388 g/mol. The molecule has 0 aromatic heterocycles. The maximum absolute atomic E-state index is 11.0. The maximum Gasteiger partial charge on any atom is 0.346 e. The summed E-state index contributed by atoms with van der Waals surface area (Å²) in [6.45, 7) is 10.9. The lowest BCUT2D eigenvalue weighted by Gasteiger charge is -2.05. The van der Waals surface area contributed by atoms with E-state index in [2.05, 4.69) is 17.9 Å². The molecular formula is C21H24O7. The summed E-state index contributed by atoms with van der Waals surface area (Å²) in [5, 5.41) is 0. The number of benzene rings is 1. The molecule has 1 aliphatic heterocycles. The second kappa shape index (κ2) is 11.5. The summed E-state index contributed by atoms with van der Waals surface area (Å²) >= 11 is 0. The average molecular weight is 388 g/mol. The van der Waals surface area contributed by atoms with E-state index >= 15 is 0 Å². The van der Waals surface area contributed by atoms with E-state index in [1.54, 1.807) is 38.1 Å². The highest BCUT2D eigenvalue weighted by Gasteiger charge is 2.28. The van der Waals surface area contributed by atoms with Gasteiger partial charge in [-0.15, -0.1) is 0 Å². The first-order valence-corrected chi connectivity index (χ1v) is 8.74. The summed E-state index contributed by atoms with van der Waals surface area (Å²) in [4.78, 5) is 43.7. The van der Waals surface area contributed by atoms with Gasteiger partial charge in [0.25, 0.3) is 0 Å². The second-order valence-corrected chi connectivity index (χ2v) is 6.12. The van der Waals surface area contributed by atoms with E-state index in [1.807, 2.05) is 0 Å². The lowest BCUT2D eigenvalue weighted by atomic mass is 10.1. The number of cyclic esters (lactones) is 2. The summed E-state index contributed by atoms with van der Waals surface area (Å²) in [5.41, 5.74) is 1.52. The molecule has 0 spiro atoms. The van der Waals surface area contributed by atoms with E-state index in [1.165, 1.54) is 0 Å². The zero-order valence-electron chi connectivity index (χ0n) is 16.1. The van der Waals surface area contributed by atoms with Crippen molar-refractivity contribution in [1.82, 2.24) is 0 Å². The Morgan fingerprint density at radius 1 is 0.821 bits per heavy atom. The Balaban J connectivity index is 0.000000302. The van der Waals surface area contributed by atoms with Gasteiger partial charge in [-0.3, -0.25) is 0 Å². The molecule has 0 unspecified atom stereocenters. The van der Waals surface area contributed by atoms with Gasteiger partial charge in [0.15, 0.2) is 0 Å². The van der Waals surface area contributed by atoms with E-state index in [0.29, 0.717) is 35.5 Å². The normalized spacial score (nSPS) is 11.5. The van der Waals surface area contributed by atoms with E-state index in [4.69, 9.17) is 9.47 Å². The Bertz CT molecular complexity index is 714. The number of carbonyl (C=O) groups is 4. The highest BCUT2D eigenvalue weighted by molar-refractivity contribution is 6.14. The van der Waals surface area contributed by atoms with Crippen LogP contribution in [0.5, 0.6) is 0 Å². The Hall–Kier alpha value is -3.22. The molecule has 7 nitrogen and oxygen atoms in total. The Morgan fingerprint density at radius 2 is 1.21 bits per heavy atom. The number of hydrogen-bond acceptors (Lipinski definition) is 7. The molecule has 1 aromatic carbocycles. The van der Waals surface area contributed by atoms with Gasteiger partial charge in [0.1, 0.15) is 0 Å². The fourth-order valence-corrected chi connectivity index (χ4v) is 1.99. The molecule has 28 heavy (non-hydrogen) atoms. The molecule has 0 amide bonds. The van der Waals surface area contributed by atoms with Crippen molar-refractivity contribution in [2.24, 2.45) is 0 Å². The van der Waals surface area contributed by atoms with Crippen LogP contribution in [-0.4, -0.2) is 37.1 Å². The van der Waals surface area contributed by atoms with Crippen LogP contribution < -0.4 is 0 Å². The molecule has 0 atom stereocenters. The van der Waals surface area contributed by atoms with Crippen LogP contribution in [0, 0.1) is 0 Å². The first kappa shape index (κ1) is 22.8. The number of carbonyl (C=O) groups excluding carboxylic acids is 4. The van der Waals surface area contributed by atoms with Crippen LogP contribution in [0.15, 0.2) is 48.6 Å². The molecule has 150 valence electrons. The molecule has 1 aromatic rings. The standard InChI is InChI=1S/C13H20O4.C8H4O3/c1-10(2)12(14)16-8-6-5-7-9-17-13(15)11(3)4;9-7-5-3-1-2-4-6(5)8(10)11-7/h1,3,5-9H2,2,4H3;1-4H. The zero-order valence-corrected chi connectivity index (χ0v) is 16.1. The third kappa shape index (κ3) is 7.57. The number of unbranched alkanes of at least 4 members (excludes halogenated alkanes) is 2. The molecule has 0 saturated heterocycles. The molecule has 0 N–H and O–H groups in total. The van der Waals surface area contributed by atoms with Crippen LogP contribution in [0.1, 0.15) is 53.8 Å². The van der Waals surface area contributed by atoms with Crippen LogP contribution in [0.2, 0.25) is 0 Å². The fraction of sp³-hybridized carbons (Fsp3) is 0.333.